The maximum atomic E-state index is 13.4. The Labute approximate surface area is 188 Å². The van der Waals surface area contributed by atoms with E-state index in [1.54, 1.807) is 6.92 Å². The van der Waals surface area contributed by atoms with Crippen molar-refractivity contribution >= 4 is 11.8 Å². The summed E-state index contributed by atoms with van der Waals surface area (Å²) in [5, 5.41) is 0. The molecule has 0 bridgehead atoms. The lowest BCUT2D eigenvalue weighted by molar-refractivity contribution is -0.160. The van der Waals surface area contributed by atoms with Crippen LogP contribution < -0.4 is 0 Å². The molecular weight excluding hydrogens is 390 g/mol. The van der Waals surface area contributed by atoms with E-state index >= 15 is 0 Å². The summed E-state index contributed by atoms with van der Waals surface area (Å²) in [5.41, 5.74) is 0. The predicted molar refractivity (Wildman–Crippen MR) is 122 cm³/mol. The van der Waals surface area contributed by atoms with Crippen molar-refractivity contribution in [3.63, 3.8) is 0 Å². The number of amides is 2. The molecule has 4 aliphatic rings. The third-order valence-electron chi connectivity index (χ3n) is 8.59. The second-order valence-electron chi connectivity index (χ2n) is 10.7. The molecule has 0 radical (unpaired) electrons. The first kappa shape index (κ1) is 23.0. The lowest BCUT2D eigenvalue weighted by Gasteiger charge is -2.55. The average Bonchev–Trinajstić information content (AvgIpc) is 3.28. The Morgan fingerprint density at radius 2 is 1.71 bits per heavy atom. The molecule has 3 saturated heterocycles. The van der Waals surface area contributed by atoms with E-state index in [2.05, 4.69) is 35.5 Å². The number of nitrogens with zero attached hydrogens (tertiary/aromatic N) is 3. The Morgan fingerprint density at radius 3 is 2.39 bits per heavy atom. The maximum absolute atomic E-state index is 13.4. The molecule has 4 fully saturated rings. The zero-order chi connectivity index (χ0) is 22.1. The standard InChI is InChI=1S/C25H43N3O3/c1-5-12-26-16-21(9-8-17(26)2)20-10-11-22-23(14-20)27(15-18(3)28(22)19(4)29)25(30)24-7-6-13-31-24/h17-18,20-24H,5-16H2,1-4H3. The largest absolute Gasteiger partial charge is 0.368 e. The molecule has 6 heteroatoms. The minimum absolute atomic E-state index is 0.0798. The van der Waals surface area contributed by atoms with E-state index in [1.807, 2.05) is 0 Å². The Hall–Kier alpha value is -1.14. The third kappa shape index (κ3) is 4.66. The Morgan fingerprint density at radius 1 is 0.935 bits per heavy atom. The second-order valence-corrected chi connectivity index (χ2v) is 10.7. The average molecular weight is 434 g/mol. The van der Waals surface area contributed by atoms with Gasteiger partial charge in [-0.05, 0) is 83.6 Å². The molecule has 7 unspecified atom stereocenters. The summed E-state index contributed by atoms with van der Waals surface area (Å²) in [6.45, 7) is 12.2. The summed E-state index contributed by atoms with van der Waals surface area (Å²) in [5.74, 6) is 1.70. The van der Waals surface area contributed by atoms with Gasteiger partial charge in [0, 0.05) is 38.7 Å². The topological polar surface area (TPSA) is 53.1 Å². The van der Waals surface area contributed by atoms with E-state index in [0.29, 0.717) is 31.0 Å². The van der Waals surface area contributed by atoms with Crippen LogP contribution in [-0.2, 0) is 14.3 Å². The highest BCUT2D eigenvalue weighted by molar-refractivity contribution is 5.82. The molecule has 176 valence electrons. The minimum atomic E-state index is -0.271. The lowest BCUT2D eigenvalue weighted by Crippen LogP contribution is -2.68. The van der Waals surface area contributed by atoms with Gasteiger partial charge in [0.15, 0.2) is 0 Å². The van der Waals surface area contributed by atoms with Crippen molar-refractivity contribution in [2.45, 2.75) is 109 Å². The number of carbonyl (C=O) groups excluding carboxylic acids is 2. The van der Waals surface area contributed by atoms with Gasteiger partial charge < -0.3 is 19.4 Å². The van der Waals surface area contributed by atoms with Crippen LogP contribution in [0.25, 0.3) is 0 Å². The predicted octanol–water partition coefficient (Wildman–Crippen LogP) is 3.29. The van der Waals surface area contributed by atoms with Crippen LogP contribution in [-0.4, -0.2) is 83.0 Å². The third-order valence-corrected chi connectivity index (χ3v) is 8.59. The summed E-state index contributed by atoms with van der Waals surface area (Å²) in [6.07, 6.45) is 8.58. The smallest absolute Gasteiger partial charge is 0.252 e. The summed E-state index contributed by atoms with van der Waals surface area (Å²) in [6, 6.07) is 1.08. The first-order chi connectivity index (χ1) is 14.9. The summed E-state index contributed by atoms with van der Waals surface area (Å²) in [7, 11) is 0. The number of likely N-dealkylation sites (tertiary alicyclic amines) is 1. The quantitative estimate of drug-likeness (QED) is 0.683. The van der Waals surface area contributed by atoms with E-state index in [0.717, 1.165) is 25.7 Å². The number of hydrogen-bond donors (Lipinski definition) is 0. The molecule has 3 heterocycles. The van der Waals surface area contributed by atoms with Crippen LogP contribution in [0.5, 0.6) is 0 Å². The van der Waals surface area contributed by atoms with Crippen LogP contribution in [0.4, 0.5) is 0 Å². The number of fused-ring (bicyclic) bond motifs is 1. The van der Waals surface area contributed by atoms with E-state index in [4.69, 9.17) is 4.74 Å². The number of hydrogen-bond acceptors (Lipinski definition) is 4. The molecule has 3 aliphatic heterocycles. The maximum Gasteiger partial charge on any atom is 0.252 e. The Kier molecular flexibility index (Phi) is 7.27. The first-order valence-electron chi connectivity index (χ1n) is 12.9. The van der Waals surface area contributed by atoms with Crippen molar-refractivity contribution in [1.82, 2.24) is 14.7 Å². The number of piperazine rings is 1. The minimum Gasteiger partial charge on any atom is -0.368 e. The molecule has 0 N–H and O–H groups in total. The fourth-order valence-corrected chi connectivity index (χ4v) is 7.03. The van der Waals surface area contributed by atoms with Gasteiger partial charge >= 0.3 is 0 Å². The van der Waals surface area contributed by atoms with Crippen LogP contribution in [0.2, 0.25) is 0 Å². The van der Waals surface area contributed by atoms with Gasteiger partial charge in [-0.25, -0.2) is 0 Å². The van der Waals surface area contributed by atoms with Crippen molar-refractivity contribution in [2.24, 2.45) is 11.8 Å². The first-order valence-corrected chi connectivity index (χ1v) is 12.9. The summed E-state index contributed by atoms with van der Waals surface area (Å²) < 4.78 is 5.77. The van der Waals surface area contributed by atoms with Gasteiger partial charge in [0.2, 0.25) is 5.91 Å². The lowest BCUT2D eigenvalue weighted by atomic mass is 9.70. The van der Waals surface area contributed by atoms with Crippen molar-refractivity contribution < 1.29 is 14.3 Å². The normalized spacial score (nSPS) is 39.4. The summed E-state index contributed by atoms with van der Waals surface area (Å²) in [4.78, 5) is 32.9. The molecule has 0 spiro atoms. The van der Waals surface area contributed by atoms with E-state index in [9.17, 15) is 9.59 Å². The van der Waals surface area contributed by atoms with E-state index in [-0.39, 0.29) is 36.0 Å². The fourth-order valence-electron chi connectivity index (χ4n) is 7.03. The van der Waals surface area contributed by atoms with Crippen LogP contribution in [0, 0.1) is 11.8 Å². The molecule has 4 rings (SSSR count). The highest BCUT2D eigenvalue weighted by Gasteiger charge is 2.49. The zero-order valence-electron chi connectivity index (χ0n) is 20.1. The molecule has 6 nitrogen and oxygen atoms in total. The molecule has 7 atom stereocenters. The van der Waals surface area contributed by atoms with Gasteiger partial charge in [-0.3, -0.25) is 9.59 Å². The van der Waals surface area contributed by atoms with E-state index in [1.165, 1.54) is 38.8 Å². The number of piperidine rings is 1. The Bertz CT molecular complexity index is 650. The van der Waals surface area contributed by atoms with Crippen LogP contribution in [0.15, 0.2) is 0 Å². The highest BCUT2D eigenvalue weighted by Crippen LogP contribution is 2.42. The molecule has 0 aromatic heterocycles. The van der Waals surface area contributed by atoms with Gasteiger partial charge in [-0.15, -0.1) is 0 Å². The van der Waals surface area contributed by atoms with Gasteiger partial charge in [-0.1, -0.05) is 6.92 Å². The molecule has 0 aromatic rings. The molecule has 1 saturated carbocycles. The summed E-state index contributed by atoms with van der Waals surface area (Å²) >= 11 is 0. The molecule has 2 amide bonds. The van der Waals surface area contributed by atoms with Gasteiger partial charge in [0.05, 0.1) is 12.1 Å². The zero-order valence-corrected chi connectivity index (χ0v) is 20.1. The monoisotopic (exact) mass is 433 g/mol. The SMILES string of the molecule is CCCN1CC(C2CCC3C(C2)N(C(=O)C2CCCO2)CC(C)N3C(C)=O)CCC1C. The fraction of sp³-hybridized carbons (Fsp3) is 0.920. The van der Waals surface area contributed by atoms with Crippen LogP contribution in [0.1, 0.15) is 79.1 Å². The van der Waals surface area contributed by atoms with Crippen molar-refractivity contribution in [1.29, 1.82) is 0 Å². The van der Waals surface area contributed by atoms with Crippen molar-refractivity contribution in [3.8, 4) is 0 Å². The highest BCUT2D eigenvalue weighted by atomic mass is 16.5. The molecular formula is C25H43N3O3. The molecule has 0 aromatic carbocycles. The number of rotatable bonds is 4. The Balaban J connectivity index is 1.52. The van der Waals surface area contributed by atoms with Crippen molar-refractivity contribution in [2.75, 3.05) is 26.2 Å². The van der Waals surface area contributed by atoms with Crippen molar-refractivity contribution in [3.05, 3.63) is 0 Å². The van der Waals surface area contributed by atoms with Crippen LogP contribution >= 0.6 is 0 Å². The van der Waals surface area contributed by atoms with E-state index < -0.39 is 0 Å². The van der Waals surface area contributed by atoms with Gasteiger partial charge in [0.1, 0.15) is 6.10 Å². The van der Waals surface area contributed by atoms with Gasteiger partial charge in [-0.2, -0.15) is 0 Å². The van der Waals surface area contributed by atoms with Gasteiger partial charge in [0.25, 0.3) is 5.91 Å². The van der Waals surface area contributed by atoms with Crippen LogP contribution in [0.3, 0.4) is 0 Å². The second kappa shape index (κ2) is 9.78. The molecule has 1 aliphatic carbocycles. The number of ether oxygens (including phenoxy) is 1. The molecule has 31 heavy (non-hydrogen) atoms. The number of carbonyl (C=O) groups is 2.